The number of tetrazole rings is 1. The summed E-state index contributed by atoms with van der Waals surface area (Å²) in [6, 6.07) is 9.37. The molecule has 0 saturated carbocycles. The zero-order valence-corrected chi connectivity index (χ0v) is 9.41. The first kappa shape index (κ1) is 11.3. The van der Waals surface area contributed by atoms with E-state index >= 15 is 0 Å². The molecule has 0 aliphatic heterocycles. The van der Waals surface area contributed by atoms with Gasteiger partial charge in [-0.1, -0.05) is 18.2 Å². The lowest BCUT2D eigenvalue weighted by Gasteiger charge is -1.97. The first-order chi connectivity index (χ1) is 8.29. The fourth-order valence-electron chi connectivity index (χ4n) is 1.33. The van der Waals surface area contributed by atoms with Crippen LogP contribution in [0.25, 0.3) is 5.69 Å². The van der Waals surface area contributed by atoms with Crippen molar-refractivity contribution in [1.29, 1.82) is 0 Å². The second-order valence-corrected chi connectivity index (χ2v) is 3.31. The van der Waals surface area contributed by atoms with Crippen LogP contribution in [-0.4, -0.2) is 32.8 Å². The van der Waals surface area contributed by atoms with Crippen molar-refractivity contribution in [2.24, 2.45) is 0 Å². The molecule has 0 bridgehead atoms. The van der Waals surface area contributed by atoms with Gasteiger partial charge in [-0.3, -0.25) is 4.79 Å². The van der Waals surface area contributed by atoms with E-state index in [9.17, 15) is 4.79 Å². The van der Waals surface area contributed by atoms with Crippen molar-refractivity contribution in [2.45, 2.75) is 13.3 Å². The van der Waals surface area contributed by atoms with Gasteiger partial charge in [0.05, 0.1) is 12.3 Å². The molecule has 0 unspecified atom stereocenters. The molecular weight excluding hydrogens is 220 g/mol. The van der Waals surface area contributed by atoms with E-state index in [1.54, 1.807) is 6.92 Å². The monoisotopic (exact) mass is 232 g/mol. The minimum atomic E-state index is -0.347. The summed E-state index contributed by atoms with van der Waals surface area (Å²) in [7, 11) is 0. The second kappa shape index (κ2) is 5.20. The van der Waals surface area contributed by atoms with Crippen molar-refractivity contribution >= 4 is 5.97 Å². The Bertz CT molecular complexity index is 495. The highest BCUT2D eigenvalue weighted by Crippen LogP contribution is 2.03. The molecule has 17 heavy (non-hydrogen) atoms. The lowest BCUT2D eigenvalue weighted by molar-refractivity contribution is -0.142. The Morgan fingerprint density at radius 3 is 2.82 bits per heavy atom. The van der Waals surface area contributed by atoms with Crippen molar-refractivity contribution in [3.8, 4) is 5.69 Å². The van der Waals surface area contributed by atoms with Gasteiger partial charge >= 0.3 is 5.97 Å². The number of carbonyl (C=O) groups is 1. The quantitative estimate of drug-likeness (QED) is 0.728. The van der Waals surface area contributed by atoms with Gasteiger partial charge in [-0.15, -0.1) is 15.0 Å². The van der Waals surface area contributed by atoms with Gasteiger partial charge in [0.1, 0.15) is 6.42 Å². The standard InChI is InChI=1S/C11H12N4O2/c1-2-17-11(16)8-10-12-14-15(13-10)9-6-4-3-5-7-9/h3-7H,2,8H2,1H3. The third-order valence-corrected chi connectivity index (χ3v) is 2.05. The Kier molecular flexibility index (Phi) is 3.44. The van der Waals surface area contributed by atoms with Gasteiger partial charge < -0.3 is 4.74 Å². The highest BCUT2D eigenvalue weighted by Gasteiger charge is 2.10. The zero-order chi connectivity index (χ0) is 12.1. The fourth-order valence-corrected chi connectivity index (χ4v) is 1.33. The normalized spacial score (nSPS) is 10.2. The van der Waals surface area contributed by atoms with E-state index in [0.717, 1.165) is 5.69 Å². The zero-order valence-electron chi connectivity index (χ0n) is 9.41. The molecule has 0 aliphatic carbocycles. The third-order valence-electron chi connectivity index (χ3n) is 2.05. The van der Waals surface area contributed by atoms with E-state index < -0.39 is 0 Å². The molecule has 0 atom stereocenters. The summed E-state index contributed by atoms with van der Waals surface area (Å²) < 4.78 is 4.80. The van der Waals surface area contributed by atoms with E-state index in [-0.39, 0.29) is 12.4 Å². The van der Waals surface area contributed by atoms with Crippen LogP contribution in [0, 0.1) is 0 Å². The molecule has 0 spiro atoms. The van der Waals surface area contributed by atoms with Crippen molar-refractivity contribution in [1.82, 2.24) is 20.2 Å². The summed E-state index contributed by atoms with van der Waals surface area (Å²) in [6.45, 7) is 2.11. The van der Waals surface area contributed by atoms with Crippen molar-refractivity contribution in [2.75, 3.05) is 6.61 Å². The van der Waals surface area contributed by atoms with E-state index in [4.69, 9.17) is 4.74 Å². The molecule has 0 saturated heterocycles. The lowest BCUT2D eigenvalue weighted by atomic mass is 10.3. The summed E-state index contributed by atoms with van der Waals surface area (Å²) in [5, 5.41) is 11.8. The van der Waals surface area contributed by atoms with Crippen molar-refractivity contribution < 1.29 is 9.53 Å². The van der Waals surface area contributed by atoms with Crippen LogP contribution in [0.1, 0.15) is 12.7 Å². The first-order valence-electron chi connectivity index (χ1n) is 5.29. The van der Waals surface area contributed by atoms with Crippen molar-refractivity contribution in [3.63, 3.8) is 0 Å². The number of hydrogen-bond donors (Lipinski definition) is 0. The van der Waals surface area contributed by atoms with Crippen LogP contribution < -0.4 is 0 Å². The predicted octanol–water partition coefficient (Wildman–Crippen LogP) is 0.768. The molecule has 0 N–H and O–H groups in total. The Labute approximate surface area is 98.2 Å². The SMILES string of the molecule is CCOC(=O)Cc1nnn(-c2ccccc2)n1. The Hall–Kier alpha value is -2.24. The molecule has 1 aromatic heterocycles. The summed E-state index contributed by atoms with van der Waals surface area (Å²) in [4.78, 5) is 12.6. The Balaban J connectivity index is 2.09. The van der Waals surface area contributed by atoms with Crippen LogP contribution in [0.3, 0.4) is 0 Å². The number of nitrogens with zero attached hydrogens (tertiary/aromatic N) is 4. The van der Waals surface area contributed by atoms with Gasteiger partial charge in [0.2, 0.25) is 0 Å². The largest absolute Gasteiger partial charge is 0.466 e. The number of benzene rings is 1. The van der Waals surface area contributed by atoms with Crippen LogP contribution in [0.5, 0.6) is 0 Å². The number of hydrogen-bond acceptors (Lipinski definition) is 5. The fraction of sp³-hybridized carbons (Fsp3) is 0.273. The van der Waals surface area contributed by atoms with Gasteiger partial charge in [-0.2, -0.15) is 0 Å². The van der Waals surface area contributed by atoms with Crippen LogP contribution in [0.2, 0.25) is 0 Å². The van der Waals surface area contributed by atoms with Crippen LogP contribution in [0.4, 0.5) is 0 Å². The first-order valence-corrected chi connectivity index (χ1v) is 5.29. The average molecular weight is 232 g/mol. The number of carbonyl (C=O) groups excluding carboxylic acids is 1. The summed E-state index contributed by atoms with van der Waals surface area (Å²) in [6.07, 6.45) is 0.0423. The van der Waals surface area contributed by atoms with E-state index in [2.05, 4.69) is 15.4 Å². The highest BCUT2D eigenvalue weighted by molar-refractivity contribution is 5.71. The summed E-state index contributed by atoms with van der Waals surface area (Å²) in [5.74, 6) is 0.00687. The molecule has 1 heterocycles. The molecule has 0 aliphatic rings. The number of para-hydroxylation sites is 1. The molecule has 1 aromatic carbocycles. The van der Waals surface area contributed by atoms with E-state index in [1.807, 2.05) is 30.3 Å². The van der Waals surface area contributed by atoms with Crippen molar-refractivity contribution in [3.05, 3.63) is 36.2 Å². The molecule has 2 rings (SSSR count). The van der Waals surface area contributed by atoms with Crippen LogP contribution in [0.15, 0.2) is 30.3 Å². The molecule has 88 valence electrons. The molecule has 2 aromatic rings. The Morgan fingerprint density at radius 2 is 2.12 bits per heavy atom. The second-order valence-electron chi connectivity index (χ2n) is 3.31. The minimum absolute atomic E-state index is 0.0423. The molecular formula is C11H12N4O2. The maximum Gasteiger partial charge on any atom is 0.313 e. The van der Waals surface area contributed by atoms with Crippen LogP contribution in [-0.2, 0) is 16.0 Å². The average Bonchev–Trinajstić information content (AvgIpc) is 2.79. The highest BCUT2D eigenvalue weighted by atomic mass is 16.5. The van der Waals surface area contributed by atoms with E-state index in [1.165, 1.54) is 4.80 Å². The van der Waals surface area contributed by atoms with E-state index in [0.29, 0.717) is 12.4 Å². The maximum absolute atomic E-state index is 11.2. The van der Waals surface area contributed by atoms with Gasteiger partial charge in [-0.25, -0.2) is 0 Å². The topological polar surface area (TPSA) is 69.9 Å². The minimum Gasteiger partial charge on any atom is -0.466 e. The van der Waals surface area contributed by atoms with Crippen LogP contribution >= 0.6 is 0 Å². The van der Waals surface area contributed by atoms with Gasteiger partial charge in [-0.05, 0) is 24.3 Å². The molecule has 0 fully saturated rings. The summed E-state index contributed by atoms with van der Waals surface area (Å²) in [5.41, 5.74) is 0.801. The lowest BCUT2D eigenvalue weighted by Crippen LogP contribution is -2.09. The maximum atomic E-state index is 11.2. The van der Waals surface area contributed by atoms with Gasteiger partial charge in [0.15, 0.2) is 5.82 Å². The Morgan fingerprint density at radius 1 is 1.35 bits per heavy atom. The number of rotatable bonds is 4. The van der Waals surface area contributed by atoms with Gasteiger partial charge in [0.25, 0.3) is 0 Å². The van der Waals surface area contributed by atoms with Gasteiger partial charge in [0, 0.05) is 0 Å². The molecule has 0 amide bonds. The number of aromatic nitrogens is 4. The predicted molar refractivity (Wildman–Crippen MR) is 59.5 cm³/mol. The smallest absolute Gasteiger partial charge is 0.313 e. The summed E-state index contributed by atoms with van der Waals surface area (Å²) >= 11 is 0. The third kappa shape index (κ3) is 2.87. The number of esters is 1. The number of ether oxygens (including phenoxy) is 1. The molecule has 0 radical (unpaired) electrons. The molecule has 6 heteroatoms. The molecule has 6 nitrogen and oxygen atoms in total.